The smallest absolute Gasteiger partial charge is 0.0545 e. The van der Waals surface area contributed by atoms with Gasteiger partial charge >= 0.3 is 66.7 Å². The van der Waals surface area contributed by atoms with Gasteiger partial charge in [0.05, 0.1) is 22.8 Å². The molecule has 10 nitrogen and oxygen atoms in total. The molecule has 8 rings (SSSR count). The molecule has 4 aliphatic carbocycles. The molecule has 8 N–H and O–H groups in total. The Balaban J connectivity index is 0.000000195. The summed E-state index contributed by atoms with van der Waals surface area (Å²) >= 11 is 0.0139. The number of nitrogens with zero attached hydrogens (tertiary/aromatic N) is 2. The second-order valence-electron chi connectivity index (χ2n) is 16.7. The number of rotatable bonds is 0. The number of nitrogens with one attached hydrogen (secondary N) is 8. The van der Waals surface area contributed by atoms with Crippen LogP contribution in [0.15, 0.2) is 36.4 Å². The van der Waals surface area contributed by atoms with Crippen molar-refractivity contribution < 1.29 is 26.3 Å². The molecule has 16 heteroatoms. The van der Waals surface area contributed by atoms with Crippen LogP contribution in [-0.4, -0.2) is 84.5 Å². The summed E-state index contributed by atoms with van der Waals surface area (Å²) in [4.78, 5) is 9.79. The van der Waals surface area contributed by atoms with Gasteiger partial charge in [-0.2, -0.15) is 0 Å². The third-order valence-corrected chi connectivity index (χ3v) is 12.9. The zero-order valence-corrected chi connectivity index (χ0v) is 39.6. The van der Waals surface area contributed by atoms with Crippen LogP contribution >= 0.6 is 40.4 Å². The van der Waals surface area contributed by atoms with Crippen molar-refractivity contribution in [1.29, 1.82) is 0 Å². The maximum atomic E-state index is 4.89. The minimum absolute atomic E-state index is 0.00694. The minimum atomic E-state index is 0.00694. The van der Waals surface area contributed by atoms with Gasteiger partial charge in [-0.1, -0.05) is 63.5 Å². The Morgan fingerprint density at radius 2 is 0.534 bits per heavy atom. The van der Waals surface area contributed by atoms with Crippen LogP contribution in [0.5, 0.6) is 0 Å². The Hall–Kier alpha value is 0.179. The van der Waals surface area contributed by atoms with Crippen LogP contribution in [0.3, 0.4) is 0 Å². The largest absolute Gasteiger partial charge is 0.311 e. The Kier molecular flexibility index (Phi) is 25.0. The maximum Gasteiger partial charge on any atom is 0.0545 e. The molecule has 0 amide bonds. The van der Waals surface area contributed by atoms with Gasteiger partial charge in [0.25, 0.3) is 0 Å². The molecule has 0 spiro atoms. The molecule has 2 aliphatic heterocycles. The fraction of sp³-hybridized carbons (Fsp3) is 0.762. The SMILES string of the molecule is [Cl][Mn][Cl].[Cl][Mn][Cl].c1cc2nc(c1)CNC1CCCCC1NCCNC1CCCCC1NC2.c1cc2nc(c1)CNC1CCCCC1NCCNC1CCCCC1NC2. The topological polar surface area (TPSA) is 122 Å². The molecule has 2 aromatic rings. The van der Waals surface area contributed by atoms with Crippen molar-refractivity contribution in [2.75, 3.05) is 26.2 Å². The molecule has 2 aromatic heterocycles. The summed E-state index contributed by atoms with van der Waals surface area (Å²) in [6, 6.07) is 17.6. The summed E-state index contributed by atoms with van der Waals surface area (Å²) < 4.78 is 0. The van der Waals surface area contributed by atoms with Crippen molar-refractivity contribution in [1.82, 2.24) is 52.5 Å². The van der Waals surface area contributed by atoms with Crippen LogP contribution in [0.25, 0.3) is 0 Å². The third-order valence-electron chi connectivity index (χ3n) is 12.9. The standard InChI is InChI=1S/2C21H35N5.4ClH.2Mn/c2*1-3-10-20-18(8-1)22-12-13-23-19-9-2-4-11-21(19)25-15-17-7-5-6-16(26-17)14-24-20;;;;;;/h2*5-7,18-25H,1-4,8-15H2;4*1H;;/q;;;;;;2*+2/p-4. The summed E-state index contributed by atoms with van der Waals surface area (Å²) in [6.45, 7) is 7.77. The average molecular weight is 967 g/mol. The van der Waals surface area contributed by atoms with E-state index < -0.39 is 0 Å². The first-order chi connectivity index (χ1) is 28.6. The predicted octanol–water partition coefficient (Wildman–Crippen LogP) is 6.91. The van der Waals surface area contributed by atoms with Gasteiger partial charge in [0, 0.05) is 101 Å². The number of aromatic nitrogens is 2. The van der Waals surface area contributed by atoms with Gasteiger partial charge in [-0.3, -0.25) is 9.97 Å². The first-order valence-corrected chi connectivity index (χ1v) is 28.6. The van der Waals surface area contributed by atoms with Crippen LogP contribution in [0.2, 0.25) is 0 Å². The van der Waals surface area contributed by atoms with Gasteiger partial charge in [0.1, 0.15) is 0 Å². The van der Waals surface area contributed by atoms with E-state index in [9.17, 15) is 0 Å². The van der Waals surface area contributed by atoms with Crippen LogP contribution in [-0.2, 0) is 52.4 Å². The molecular weight excluding hydrogens is 896 g/mol. The van der Waals surface area contributed by atoms with Crippen molar-refractivity contribution in [3.8, 4) is 0 Å². The van der Waals surface area contributed by atoms with Crippen molar-refractivity contribution in [3.05, 3.63) is 59.2 Å². The summed E-state index contributed by atoms with van der Waals surface area (Å²) in [5.74, 6) is 0. The molecule has 0 aromatic carbocycles. The van der Waals surface area contributed by atoms with Crippen LogP contribution in [0, 0.1) is 0 Å². The van der Waals surface area contributed by atoms with E-state index in [4.69, 9.17) is 50.4 Å². The average Bonchev–Trinajstić information content (AvgIpc) is 3.26. The Morgan fingerprint density at radius 3 is 0.741 bits per heavy atom. The van der Waals surface area contributed by atoms with Gasteiger partial charge in [0.15, 0.2) is 0 Å². The van der Waals surface area contributed by atoms with Crippen LogP contribution in [0.1, 0.15) is 126 Å². The molecule has 4 fully saturated rings. The number of hydrogen-bond donors (Lipinski definition) is 8. The van der Waals surface area contributed by atoms with E-state index in [1.54, 1.807) is 0 Å². The summed E-state index contributed by atoms with van der Waals surface area (Å²) in [6.07, 6.45) is 21.0. The normalized spacial score (nSPS) is 31.1. The van der Waals surface area contributed by atoms with Crippen LogP contribution < -0.4 is 42.5 Å². The maximum absolute atomic E-state index is 4.89. The number of halogens is 4. The molecule has 0 radical (unpaired) electrons. The zero-order chi connectivity index (χ0) is 40.6. The monoisotopic (exact) mass is 964 g/mol. The molecule has 4 saturated carbocycles. The molecule has 58 heavy (non-hydrogen) atoms. The van der Waals surface area contributed by atoms with Gasteiger partial charge in [-0.05, 0) is 75.6 Å². The molecule has 8 atom stereocenters. The van der Waals surface area contributed by atoms with E-state index >= 15 is 0 Å². The quantitative estimate of drug-likeness (QED) is 0.133. The molecule has 6 aliphatic rings. The fourth-order valence-electron chi connectivity index (χ4n) is 9.90. The van der Waals surface area contributed by atoms with Gasteiger partial charge < -0.3 is 42.5 Å². The van der Waals surface area contributed by atoms with E-state index in [1.807, 2.05) is 0 Å². The summed E-state index contributed by atoms with van der Waals surface area (Å²) in [5.41, 5.74) is 4.67. The van der Waals surface area contributed by atoms with E-state index in [0.29, 0.717) is 48.3 Å². The van der Waals surface area contributed by atoms with Crippen molar-refractivity contribution in [3.63, 3.8) is 0 Å². The van der Waals surface area contributed by atoms with E-state index in [-0.39, 0.29) is 26.3 Å². The van der Waals surface area contributed by atoms with E-state index in [1.165, 1.54) is 126 Å². The number of pyridine rings is 2. The first kappa shape index (κ1) is 49.2. The van der Waals surface area contributed by atoms with E-state index in [0.717, 1.165) is 52.4 Å². The second-order valence-corrected chi connectivity index (χ2v) is 20.6. The molecule has 8 unspecified atom stereocenters. The summed E-state index contributed by atoms with van der Waals surface area (Å²) in [5, 5.41) is 30.4. The summed E-state index contributed by atoms with van der Waals surface area (Å²) in [7, 11) is 19.2. The number of hydrogen-bond acceptors (Lipinski definition) is 10. The van der Waals surface area contributed by atoms with Crippen molar-refractivity contribution >= 4 is 40.4 Å². The molecule has 0 saturated heterocycles. The number of fused-ring (bicyclic) bond motifs is 8. The van der Waals surface area contributed by atoms with Crippen molar-refractivity contribution in [2.45, 2.75) is 177 Å². The Bertz CT molecular complexity index is 1200. The predicted molar refractivity (Wildman–Crippen MR) is 235 cm³/mol. The molecular formula is C42H70Cl4Mn2N10. The molecule has 330 valence electrons. The molecule has 4 heterocycles. The van der Waals surface area contributed by atoms with Crippen LogP contribution in [0.4, 0.5) is 0 Å². The van der Waals surface area contributed by atoms with E-state index in [2.05, 4.69) is 78.9 Å². The minimum Gasteiger partial charge on any atom is -0.311 e. The Labute approximate surface area is 379 Å². The Morgan fingerprint density at radius 1 is 0.345 bits per heavy atom. The first-order valence-electron chi connectivity index (χ1n) is 22.1. The van der Waals surface area contributed by atoms with Gasteiger partial charge in [-0.25, -0.2) is 0 Å². The second kappa shape index (κ2) is 29.5. The van der Waals surface area contributed by atoms with Crippen molar-refractivity contribution in [2.24, 2.45) is 0 Å². The van der Waals surface area contributed by atoms with Gasteiger partial charge in [-0.15, -0.1) is 0 Å². The zero-order valence-electron chi connectivity index (χ0n) is 34.2. The molecule has 4 bridgehead atoms. The van der Waals surface area contributed by atoms with Gasteiger partial charge in [0.2, 0.25) is 0 Å². The fourth-order valence-corrected chi connectivity index (χ4v) is 9.90. The third kappa shape index (κ3) is 17.7.